The Labute approximate surface area is 141 Å². The Balaban J connectivity index is 2.00. The van der Waals surface area contributed by atoms with Gasteiger partial charge >= 0.3 is 5.97 Å². The van der Waals surface area contributed by atoms with Gasteiger partial charge in [0.15, 0.2) is 11.0 Å². The van der Waals surface area contributed by atoms with Crippen LogP contribution in [0.4, 0.5) is 0 Å². The second-order valence-corrected chi connectivity index (χ2v) is 6.11. The van der Waals surface area contributed by atoms with Crippen molar-refractivity contribution in [2.24, 2.45) is 0 Å². The highest BCUT2D eigenvalue weighted by Gasteiger charge is 2.13. The number of hydrogen-bond donors (Lipinski definition) is 0. The minimum absolute atomic E-state index is 0.211. The summed E-state index contributed by atoms with van der Waals surface area (Å²) in [5.74, 6) is 1.40. The SMILES string of the molecule is CCn1c(COc2ccc(Br)cc2)nnc1SCC(=O)OC. The molecule has 0 aliphatic rings. The molecule has 118 valence electrons. The molecule has 1 aromatic heterocycles. The Kier molecular flexibility index (Phi) is 6.26. The predicted octanol–water partition coefficient (Wildman–Crippen LogP) is 2.90. The van der Waals surface area contributed by atoms with Gasteiger partial charge in [-0.1, -0.05) is 27.7 Å². The maximum atomic E-state index is 11.2. The lowest BCUT2D eigenvalue weighted by atomic mass is 10.3. The molecule has 0 unspecified atom stereocenters. The number of ether oxygens (including phenoxy) is 2. The van der Waals surface area contributed by atoms with Gasteiger partial charge < -0.3 is 14.0 Å². The molecular formula is C14H16BrN3O3S. The molecule has 0 radical (unpaired) electrons. The van der Waals surface area contributed by atoms with Crippen LogP contribution in [0.1, 0.15) is 12.7 Å². The topological polar surface area (TPSA) is 66.2 Å². The molecule has 22 heavy (non-hydrogen) atoms. The Hall–Kier alpha value is -1.54. The molecule has 1 heterocycles. The van der Waals surface area contributed by atoms with Gasteiger partial charge in [-0.15, -0.1) is 10.2 Å². The average molecular weight is 386 g/mol. The zero-order chi connectivity index (χ0) is 15.9. The summed E-state index contributed by atoms with van der Waals surface area (Å²) >= 11 is 4.68. The summed E-state index contributed by atoms with van der Waals surface area (Å²) in [6, 6.07) is 7.59. The van der Waals surface area contributed by atoms with Crippen molar-refractivity contribution in [2.45, 2.75) is 25.2 Å². The molecule has 8 heteroatoms. The third-order valence-corrected chi connectivity index (χ3v) is 4.31. The molecule has 0 atom stereocenters. The third-order valence-electron chi connectivity index (χ3n) is 2.84. The number of aromatic nitrogens is 3. The van der Waals surface area contributed by atoms with Crippen LogP contribution in [0.5, 0.6) is 5.75 Å². The van der Waals surface area contributed by atoms with Gasteiger partial charge in [0.2, 0.25) is 0 Å². The van der Waals surface area contributed by atoms with E-state index in [-0.39, 0.29) is 11.7 Å². The summed E-state index contributed by atoms with van der Waals surface area (Å²) in [5, 5.41) is 8.91. The van der Waals surface area contributed by atoms with Crippen LogP contribution in [0.15, 0.2) is 33.9 Å². The van der Waals surface area contributed by atoms with E-state index in [0.29, 0.717) is 18.3 Å². The molecule has 1 aromatic carbocycles. The number of halogens is 1. The number of carbonyl (C=O) groups excluding carboxylic acids is 1. The van der Waals surface area contributed by atoms with Gasteiger partial charge in [-0.3, -0.25) is 4.79 Å². The van der Waals surface area contributed by atoms with Crippen LogP contribution in [0.3, 0.4) is 0 Å². The quantitative estimate of drug-likeness (QED) is 0.539. The van der Waals surface area contributed by atoms with Crippen molar-refractivity contribution in [1.29, 1.82) is 0 Å². The molecule has 2 rings (SSSR count). The summed E-state index contributed by atoms with van der Waals surface area (Å²) < 4.78 is 13.2. The van der Waals surface area contributed by atoms with Gasteiger partial charge in [-0.2, -0.15) is 0 Å². The lowest BCUT2D eigenvalue weighted by Crippen LogP contribution is -2.08. The van der Waals surface area contributed by atoms with Crippen molar-refractivity contribution in [3.05, 3.63) is 34.6 Å². The normalized spacial score (nSPS) is 10.5. The summed E-state index contributed by atoms with van der Waals surface area (Å²) in [6.07, 6.45) is 0. The Morgan fingerprint density at radius 3 is 2.68 bits per heavy atom. The van der Waals surface area contributed by atoms with E-state index in [2.05, 4.69) is 30.9 Å². The Morgan fingerprint density at radius 1 is 1.32 bits per heavy atom. The summed E-state index contributed by atoms with van der Waals surface area (Å²) in [7, 11) is 1.37. The summed E-state index contributed by atoms with van der Waals surface area (Å²) in [6.45, 7) is 3.02. The maximum Gasteiger partial charge on any atom is 0.316 e. The zero-order valence-electron chi connectivity index (χ0n) is 12.3. The zero-order valence-corrected chi connectivity index (χ0v) is 14.7. The largest absolute Gasteiger partial charge is 0.486 e. The van der Waals surface area contributed by atoms with Gasteiger partial charge in [0.1, 0.15) is 12.4 Å². The first-order valence-electron chi connectivity index (χ1n) is 6.64. The monoisotopic (exact) mass is 385 g/mol. The minimum atomic E-state index is -0.289. The van der Waals surface area contributed by atoms with Crippen molar-refractivity contribution in [3.8, 4) is 5.75 Å². The first-order valence-corrected chi connectivity index (χ1v) is 8.42. The van der Waals surface area contributed by atoms with Gasteiger partial charge in [-0.05, 0) is 31.2 Å². The van der Waals surface area contributed by atoms with Crippen molar-refractivity contribution in [3.63, 3.8) is 0 Å². The first kappa shape index (κ1) is 16.8. The summed E-state index contributed by atoms with van der Waals surface area (Å²) in [5.41, 5.74) is 0. The fraction of sp³-hybridized carbons (Fsp3) is 0.357. The Bertz CT molecular complexity index is 631. The molecule has 0 amide bonds. The van der Waals surface area contributed by atoms with Crippen molar-refractivity contribution < 1.29 is 14.3 Å². The number of carbonyl (C=O) groups is 1. The van der Waals surface area contributed by atoms with Crippen molar-refractivity contribution >= 4 is 33.7 Å². The van der Waals surface area contributed by atoms with E-state index in [4.69, 9.17) is 4.74 Å². The highest BCUT2D eigenvalue weighted by Crippen LogP contribution is 2.20. The molecule has 0 N–H and O–H groups in total. The highest BCUT2D eigenvalue weighted by molar-refractivity contribution is 9.10. The van der Waals surface area contributed by atoms with E-state index in [0.717, 1.165) is 16.0 Å². The lowest BCUT2D eigenvalue weighted by molar-refractivity contribution is -0.137. The van der Waals surface area contributed by atoms with Crippen LogP contribution in [0.2, 0.25) is 0 Å². The van der Waals surface area contributed by atoms with E-state index in [1.54, 1.807) is 0 Å². The lowest BCUT2D eigenvalue weighted by Gasteiger charge is -2.08. The number of thioether (sulfide) groups is 1. The van der Waals surface area contributed by atoms with Crippen LogP contribution in [0, 0.1) is 0 Å². The third kappa shape index (κ3) is 4.48. The van der Waals surface area contributed by atoms with E-state index >= 15 is 0 Å². The second-order valence-electron chi connectivity index (χ2n) is 4.25. The van der Waals surface area contributed by atoms with E-state index in [9.17, 15) is 4.79 Å². The standard InChI is InChI=1S/C14H16BrN3O3S/c1-3-18-12(8-21-11-6-4-10(15)5-7-11)16-17-14(18)22-9-13(19)20-2/h4-7H,3,8-9H2,1-2H3. The van der Waals surface area contributed by atoms with Crippen LogP contribution < -0.4 is 4.74 Å². The minimum Gasteiger partial charge on any atom is -0.486 e. The van der Waals surface area contributed by atoms with Gasteiger partial charge in [0, 0.05) is 11.0 Å². The van der Waals surface area contributed by atoms with Crippen LogP contribution in [0.25, 0.3) is 0 Å². The molecule has 0 aliphatic carbocycles. The predicted molar refractivity (Wildman–Crippen MR) is 86.9 cm³/mol. The van der Waals surface area contributed by atoms with Gasteiger partial charge in [0.05, 0.1) is 12.9 Å². The molecule has 6 nitrogen and oxygen atoms in total. The number of rotatable bonds is 7. The average Bonchev–Trinajstić information content (AvgIpc) is 2.94. The van der Waals surface area contributed by atoms with E-state index in [1.165, 1.54) is 18.9 Å². The second kappa shape index (κ2) is 8.19. The van der Waals surface area contributed by atoms with E-state index < -0.39 is 0 Å². The highest BCUT2D eigenvalue weighted by atomic mass is 79.9. The van der Waals surface area contributed by atoms with Crippen LogP contribution in [-0.4, -0.2) is 33.6 Å². The number of methoxy groups -OCH3 is 1. The number of esters is 1. The van der Waals surface area contributed by atoms with Crippen molar-refractivity contribution in [2.75, 3.05) is 12.9 Å². The van der Waals surface area contributed by atoms with Crippen LogP contribution >= 0.6 is 27.7 Å². The molecular weight excluding hydrogens is 370 g/mol. The molecule has 0 bridgehead atoms. The maximum absolute atomic E-state index is 11.2. The van der Waals surface area contributed by atoms with Gasteiger partial charge in [-0.25, -0.2) is 0 Å². The Morgan fingerprint density at radius 2 is 2.05 bits per heavy atom. The molecule has 0 spiro atoms. The first-order chi connectivity index (χ1) is 10.6. The fourth-order valence-corrected chi connectivity index (χ4v) is 2.83. The molecule has 0 aliphatic heterocycles. The van der Waals surface area contributed by atoms with Crippen LogP contribution in [-0.2, 0) is 22.7 Å². The van der Waals surface area contributed by atoms with Crippen molar-refractivity contribution in [1.82, 2.24) is 14.8 Å². The molecule has 0 fully saturated rings. The molecule has 2 aromatic rings. The fourth-order valence-electron chi connectivity index (χ4n) is 1.71. The summed E-state index contributed by atoms with van der Waals surface area (Å²) in [4.78, 5) is 11.2. The smallest absolute Gasteiger partial charge is 0.316 e. The molecule has 0 saturated carbocycles. The number of nitrogens with zero attached hydrogens (tertiary/aromatic N) is 3. The van der Waals surface area contributed by atoms with E-state index in [1.807, 2.05) is 35.8 Å². The molecule has 0 saturated heterocycles. The number of hydrogen-bond acceptors (Lipinski definition) is 6. The number of benzene rings is 1. The van der Waals surface area contributed by atoms with Gasteiger partial charge in [0.25, 0.3) is 0 Å².